The molecule has 166 valence electrons. The van der Waals surface area contributed by atoms with Gasteiger partial charge in [0.1, 0.15) is 22.1 Å². The van der Waals surface area contributed by atoms with Gasteiger partial charge in [-0.1, -0.05) is 0 Å². The Morgan fingerprint density at radius 3 is 2.58 bits per heavy atom. The van der Waals surface area contributed by atoms with Gasteiger partial charge >= 0.3 is 0 Å². The number of hydrogen-bond acceptors (Lipinski definition) is 7. The van der Waals surface area contributed by atoms with Crippen LogP contribution in [0.2, 0.25) is 0 Å². The second kappa shape index (κ2) is 8.86. The molecular formula is C19H21FN4O6S. The first kappa shape index (κ1) is 22.4. The molecule has 0 unspecified atom stereocenters. The molecular weight excluding hydrogens is 431 g/mol. The molecule has 1 aliphatic heterocycles. The van der Waals surface area contributed by atoms with E-state index in [9.17, 15) is 27.7 Å². The van der Waals surface area contributed by atoms with E-state index < -0.39 is 43.6 Å². The zero-order valence-electron chi connectivity index (χ0n) is 16.6. The average Bonchev–Trinajstić information content (AvgIpc) is 3.26. The number of nitrogens with two attached hydrogens (primary N) is 1. The SMILES string of the molecule is CCOc1ccc(NC(=O)c2cc(F)cc([N+](=O)[O-])c2N)cc1S(=O)(=O)N1CCCC1. The van der Waals surface area contributed by atoms with E-state index in [1.165, 1.54) is 22.5 Å². The lowest BCUT2D eigenvalue weighted by Gasteiger charge is -2.19. The average molecular weight is 452 g/mol. The second-order valence-corrected chi connectivity index (χ2v) is 8.71. The number of anilines is 2. The van der Waals surface area contributed by atoms with Crippen molar-refractivity contribution < 1.29 is 27.3 Å². The van der Waals surface area contributed by atoms with E-state index in [4.69, 9.17) is 10.5 Å². The van der Waals surface area contributed by atoms with Crippen LogP contribution in [0.3, 0.4) is 0 Å². The van der Waals surface area contributed by atoms with Gasteiger partial charge in [-0.25, -0.2) is 12.8 Å². The first-order valence-corrected chi connectivity index (χ1v) is 10.9. The van der Waals surface area contributed by atoms with E-state index >= 15 is 0 Å². The molecule has 1 heterocycles. The van der Waals surface area contributed by atoms with E-state index in [2.05, 4.69) is 5.32 Å². The van der Waals surface area contributed by atoms with Gasteiger partial charge in [0.05, 0.1) is 23.2 Å². The van der Waals surface area contributed by atoms with Crippen molar-refractivity contribution in [3.05, 3.63) is 51.8 Å². The molecule has 3 rings (SSSR count). The molecule has 3 N–H and O–H groups in total. The fraction of sp³-hybridized carbons (Fsp3) is 0.316. The third-order valence-electron chi connectivity index (χ3n) is 4.75. The number of benzene rings is 2. The molecule has 1 saturated heterocycles. The number of nitro benzene ring substituents is 1. The van der Waals surface area contributed by atoms with E-state index in [1.807, 2.05) is 0 Å². The van der Waals surface area contributed by atoms with Crippen molar-refractivity contribution >= 4 is 33.0 Å². The molecule has 0 radical (unpaired) electrons. The number of amides is 1. The molecule has 1 amide bonds. The summed E-state index contributed by atoms with van der Waals surface area (Å²) in [5, 5.41) is 13.4. The normalized spacial score (nSPS) is 14.4. The highest BCUT2D eigenvalue weighted by Crippen LogP contribution is 2.32. The lowest BCUT2D eigenvalue weighted by atomic mass is 10.1. The minimum atomic E-state index is -3.86. The van der Waals surface area contributed by atoms with Crippen LogP contribution in [-0.4, -0.2) is 43.2 Å². The summed E-state index contributed by atoms with van der Waals surface area (Å²) in [4.78, 5) is 22.6. The lowest BCUT2D eigenvalue weighted by Crippen LogP contribution is -2.28. The number of nitrogens with one attached hydrogen (secondary N) is 1. The van der Waals surface area contributed by atoms with Crippen LogP contribution in [0, 0.1) is 15.9 Å². The Morgan fingerprint density at radius 1 is 1.29 bits per heavy atom. The Labute approximate surface area is 178 Å². The van der Waals surface area contributed by atoms with E-state index in [0.29, 0.717) is 19.2 Å². The third kappa shape index (κ3) is 4.59. The number of nitrogens with zero attached hydrogens (tertiary/aromatic N) is 2. The molecule has 0 aliphatic carbocycles. The van der Waals surface area contributed by atoms with Gasteiger partial charge in [0.25, 0.3) is 11.6 Å². The molecule has 10 nitrogen and oxygen atoms in total. The number of ether oxygens (including phenoxy) is 1. The summed E-state index contributed by atoms with van der Waals surface area (Å²) < 4.78 is 46.6. The van der Waals surface area contributed by atoms with Crippen molar-refractivity contribution in [1.82, 2.24) is 4.31 Å². The van der Waals surface area contributed by atoms with E-state index in [1.54, 1.807) is 6.92 Å². The maximum Gasteiger partial charge on any atom is 0.295 e. The first-order valence-electron chi connectivity index (χ1n) is 9.47. The number of sulfonamides is 1. The van der Waals surface area contributed by atoms with Crippen LogP contribution in [0.5, 0.6) is 5.75 Å². The summed E-state index contributed by atoms with van der Waals surface area (Å²) in [6.07, 6.45) is 1.49. The molecule has 2 aromatic rings. The van der Waals surface area contributed by atoms with Crippen LogP contribution in [-0.2, 0) is 10.0 Å². The summed E-state index contributed by atoms with van der Waals surface area (Å²) in [7, 11) is -3.86. The molecule has 1 fully saturated rings. The van der Waals surface area contributed by atoms with Crippen molar-refractivity contribution in [3.63, 3.8) is 0 Å². The van der Waals surface area contributed by atoms with Gasteiger partial charge in [-0.05, 0) is 44.0 Å². The number of rotatable bonds is 7. The van der Waals surface area contributed by atoms with Gasteiger partial charge in [-0.2, -0.15) is 4.31 Å². The Morgan fingerprint density at radius 2 is 1.97 bits per heavy atom. The highest BCUT2D eigenvalue weighted by atomic mass is 32.2. The Bertz CT molecular complexity index is 1130. The predicted molar refractivity (Wildman–Crippen MR) is 111 cm³/mol. The van der Waals surface area contributed by atoms with Crippen molar-refractivity contribution in [2.24, 2.45) is 0 Å². The number of carbonyl (C=O) groups is 1. The van der Waals surface area contributed by atoms with Crippen molar-refractivity contribution in [1.29, 1.82) is 0 Å². The number of halogens is 1. The van der Waals surface area contributed by atoms with Crippen LogP contribution < -0.4 is 15.8 Å². The van der Waals surface area contributed by atoms with Crippen LogP contribution in [0.1, 0.15) is 30.1 Å². The quantitative estimate of drug-likeness (QED) is 0.373. The van der Waals surface area contributed by atoms with Gasteiger partial charge in [0.2, 0.25) is 10.0 Å². The molecule has 12 heteroatoms. The van der Waals surface area contributed by atoms with Gasteiger partial charge in [0, 0.05) is 18.8 Å². The minimum absolute atomic E-state index is 0.0811. The summed E-state index contributed by atoms with van der Waals surface area (Å²) >= 11 is 0. The smallest absolute Gasteiger partial charge is 0.295 e. The Hall–Kier alpha value is -3.25. The Kier molecular flexibility index (Phi) is 6.41. The van der Waals surface area contributed by atoms with Crippen molar-refractivity contribution in [2.75, 3.05) is 30.7 Å². The standard InChI is InChI=1S/C19H21FN4O6S/c1-2-30-16-6-5-13(11-17(16)31(28,29)23-7-3-4-8-23)22-19(25)14-9-12(20)10-15(18(14)21)24(26)27/h5-6,9-11H,2-4,7-8,21H2,1H3,(H,22,25). The lowest BCUT2D eigenvalue weighted by molar-refractivity contribution is -0.384. The van der Waals surface area contributed by atoms with E-state index in [0.717, 1.165) is 18.9 Å². The topological polar surface area (TPSA) is 145 Å². The number of nitro groups is 1. The molecule has 0 bridgehead atoms. The van der Waals surface area contributed by atoms with Crippen molar-refractivity contribution in [3.8, 4) is 5.75 Å². The fourth-order valence-electron chi connectivity index (χ4n) is 3.27. The maximum absolute atomic E-state index is 13.8. The highest BCUT2D eigenvalue weighted by Gasteiger charge is 2.30. The number of carbonyl (C=O) groups excluding carboxylic acids is 1. The van der Waals surface area contributed by atoms with Gasteiger partial charge in [-0.3, -0.25) is 14.9 Å². The molecule has 0 atom stereocenters. The number of nitrogen functional groups attached to an aromatic ring is 1. The van der Waals surface area contributed by atoms with Gasteiger partial charge in [-0.15, -0.1) is 0 Å². The van der Waals surface area contributed by atoms with Crippen LogP contribution in [0.25, 0.3) is 0 Å². The molecule has 2 aromatic carbocycles. The predicted octanol–water partition coefficient (Wildman–Crippen LogP) is 2.75. The van der Waals surface area contributed by atoms with Crippen LogP contribution in [0.15, 0.2) is 35.2 Å². The zero-order valence-corrected chi connectivity index (χ0v) is 17.4. The molecule has 0 aromatic heterocycles. The highest BCUT2D eigenvalue weighted by molar-refractivity contribution is 7.89. The molecule has 0 saturated carbocycles. The van der Waals surface area contributed by atoms with Crippen LogP contribution >= 0.6 is 0 Å². The summed E-state index contributed by atoms with van der Waals surface area (Å²) in [5.41, 5.74) is 4.06. The summed E-state index contributed by atoms with van der Waals surface area (Å²) in [6, 6.07) is 5.44. The van der Waals surface area contributed by atoms with Gasteiger partial charge < -0.3 is 15.8 Å². The summed E-state index contributed by atoms with van der Waals surface area (Å²) in [6.45, 7) is 2.71. The van der Waals surface area contributed by atoms with Crippen LogP contribution in [0.4, 0.5) is 21.5 Å². The fourth-order valence-corrected chi connectivity index (χ4v) is 4.94. The minimum Gasteiger partial charge on any atom is -0.492 e. The van der Waals surface area contributed by atoms with Crippen molar-refractivity contribution in [2.45, 2.75) is 24.7 Å². The number of hydrogen-bond donors (Lipinski definition) is 2. The first-order chi connectivity index (χ1) is 14.6. The monoisotopic (exact) mass is 452 g/mol. The summed E-state index contributed by atoms with van der Waals surface area (Å²) in [5.74, 6) is -1.79. The van der Waals surface area contributed by atoms with Gasteiger partial charge in [0.15, 0.2) is 0 Å². The molecule has 0 spiro atoms. The Balaban J connectivity index is 1.98. The molecule has 31 heavy (non-hydrogen) atoms. The third-order valence-corrected chi connectivity index (χ3v) is 6.67. The second-order valence-electron chi connectivity index (χ2n) is 6.80. The largest absolute Gasteiger partial charge is 0.492 e. The zero-order chi connectivity index (χ0) is 22.8. The molecule has 1 aliphatic rings. The maximum atomic E-state index is 13.8. The van der Waals surface area contributed by atoms with E-state index in [-0.39, 0.29) is 22.9 Å².